The molecular weight excluding hydrogens is 276 g/mol. The van der Waals surface area contributed by atoms with Crippen molar-refractivity contribution in [3.05, 3.63) is 15.4 Å². The van der Waals surface area contributed by atoms with E-state index in [9.17, 15) is 13.2 Å². The van der Waals surface area contributed by atoms with Crippen LogP contribution in [0.3, 0.4) is 0 Å². The molecule has 0 aromatic carbocycles. The molecule has 2 rings (SSSR count). The Kier molecular flexibility index (Phi) is 3.90. The average Bonchev–Trinajstić information content (AvgIpc) is 2.86. The number of H-pyrrole nitrogens is 1. The molecule has 0 amide bonds. The molecule has 1 aromatic heterocycles. The molecule has 1 fully saturated rings. The van der Waals surface area contributed by atoms with E-state index in [1.54, 1.807) is 6.92 Å². The molecule has 18 heavy (non-hydrogen) atoms. The summed E-state index contributed by atoms with van der Waals surface area (Å²) in [5.41, 5.74) is 0.399. The number of aromatic amines is 1. The summed E-state index contributed by atoms with van der Waals surface area (Å²) in [5.74, 6) is 0.209. The Balaban J connectivity index is 2.23. The lowest BCUT2D eigenvalue weighted by Crippen LogP contribution is -2.28. The standard InChI is InChI=1S/C10H16N2O4S2/c1-7-9(17-10(14)11-7)18(15,16)12-4-2-8(6-12)3-5-13/h8,13H,2-6H2,1H3,(H,11,14). The maximum atomic E-state index is 12.3. The first-order valence-electron chi connectivity index (χ1n) is 5.76. The molecule has 1 saturated heterocycles. The van der Waals surface area contributed by atoms with Crippen LogP contribution in [0.15, 0.2) is 9.00 Å². The first kappa shape index (κ1) is 13.7. The summed E-state index contributed by atoms with van der Waals surface area (Å²) in [7, 11) is -3.56. The summed E-state index contributed by atoms with van der Waals surface area (Å²) in [5, 5.41) is 8.87. The highest BCUT2D eigenvalue weighted by Crippen LogP contribution is 2.28. The van der Waals surface area contributed by atoms with Gasteiger partial charge in [-0.15, -0.1) is 0 Å². The third-order valence-corrected chi connectivity index (χ3v) is 6.59. The molecule has 0 aliphatic carbocycles. The predicted octanol–water partition coefficient (Wildman–Crippen LogP) is 0.138. The van der Waals surface area contributed by atoms with Gasteiger partial charge in [-0.05, 0) is 25.7 Å². The van der Waals surface area contributed by atoms with Crippen LogP contribution in [0, 0.1) is 12.8 Å². The zero-order chi connectivity index (χ0) is 13.3. The molecule has 0 spiro atoms. The Morgan fingerprint density at radius 2 is 2.28 bits per heavy atom. The molecular formula is C10H16N2O4S2. The molecule has 1 aliphatic rings. The zero-order valence-corrected chi connectivity index (χ0v) is 11.7. The number of thiazole rings is 1. The van der Waals surface area contributed by atoms with Crippen LogP contribution in [0.5, 0.6) is 0 Å². The number of aryl methyl sites for hydroxylation is 1. The molecule has 1 unspecified atom stereocenters. The van der Waals surface area contributed by atoms with Crippen molar-refractivity contribution in [1.29, 1.82) is 0 Å². The van der Waals surface area contributed by atoms with E-state index in [1.807, 2.05) is 0 Å². The van der Waals surface area contributed by atoms with Crippen molar-refractivity contribution in [1.82, 2.24) is 9.29 Å². The molecule has 6 nitrogen and oxygen atoms in total. The van der Waals surface area contributed by atoms with Crippen LogP contribution in [0.1, 0.15) is 18.5 Å². The smallest absolute Gasteiger partial charge is 0.305 e. The number of aromatic nitrogens is 1. The third kappa shape index (κ3) is 2.51. The molecule has 8 heteroatoms. The Morgan fingerprint density at radius 1 is 1.56 bits per heavy atom. The predicted molar refractivity (Wildman–Crippen MR) is 68.2 cm³/mol. The number of hydrogen-bond donors (Lipinski definition) is 2. The Labute approximate surface area is 109 Å². The van der Waals surface area contributed by atoms with Crippen LogP contribution in [0.25, 0.3) is 0 Å². The minimum Gasteiger partial charge on any atom is -0.396 e. The minimum atomic E-state index is -3.56. The van der Waals surface area contributed by atoms with E-state index in [2.05, 4.69) is 4.98 Å². The summed E-state index contributed by atoms with van der Waals surface area (Å²) in [6.45, 7) is 2.55. The second kappa shape index (κ2) is 5.12. The van der Waals surface area contributed by atoms with E-state index >= 15 is 0 Å². The van der Waals surface area contributed by atoms with Gasteiger partial charge >= 0.3 is 4.87 Å². The number of aliphatic hydroxyl groups excluding tert-OH is 1. The van der Waals surface area contributed by atoms with Gasteiger partial charge in [-0.3, -0.25) is 4.79 Å². The lowest BCUT2D eigenvalue weighted by Gasteiger charge is -2.15. The van der Waals surface area contributed by atoms with Crippen LogP contribution in [-0.4, -0.2) is 42.5 Å². The highest BCUT2D eigenvalue weighted by molar-refractivity contribution is 7.91. The largest absolute Gasteiger partial charge is 0.396 e. The van der Waals surface area contributed by atoms with E-state index in [-0.39, 0.29) is 21.6 Å². The van der Waals surface area contributed by atoms with Crippen molar-refractivity contribution >= 4 is 21.4 Å². The molecule has 0 saturated carbocycles. The van der Waals surface area contributed by atoms with Crippen LogP contribution in [0.2, 0.25) is 0 Å². The molecule has 0 bridgehead atoms. The van der Waals surface area contributed by atoms with Gasteiger partial charge < -0.3 is 10.1 Å². The van der Waals surface area contributed by atoms with Crippen LogP contribution >= 0.6 is 11.3 Å². The summed E-state index contributed by atoms with van der Waals surface area (Å²) in [6, 6.07) is 0. The lowest BCUT2D eigenvalue weighted by molar-refractivity contribution is 0.260. The zero-order valence-electron chi connectivity index (χ0n) is 10.0. The fourth-order valence-corrected chi connectivity index (χ4v) is 5.15. The van der Waals surface area contributed by atoms with E-state index in [0.29, 0.717) is 25.2 Å². The van der Waals surface area contributed by atoms with Crippen LogP contribution in [-0.2, 0) is 10.0 Å². The summed E-state index contributed by atoms with van der Waals surface area (Å²) < 4.78 is 26.2. The minimum absolute atomic E-state index is 0.0784. The SMILES string of the molecule is Cc1[nH]c(=O)sc1S(=O)(=O)N1CCC(CCO)C1. The monoisotopic (exact) mass is 292 g/mol. The summed E-state index contributed by atoms with van der Waals surface area (Å²) in [4.78, 5) is 13.3. The first-order chi connectivity index (χ1) is 8.45. The topological polar surface area (TPSA) is 90.5 Å². The maximum Gasteiger partial charge on any atom is 0.305 e. The van der Waals surface area contributed by atoms with Crippen molar-refractivity contribution in [3.8, 4) is 0 Å². The van der Waals surface area contributed by atoms with E-state index in [1.165, 1.54) is 4.31 Å². The normalized spacial score (nSPS) is 21.6. The number of rotatable bonds is 4. The summed E-state index contributed by atoms with van der Waals surface area (Å²) in [6.07, 6.45) is 1.38. The number of sulfonamides is 1. The van der Waals surface area contributed by atoms with Gasteiger partial charge in [0.2, 0.25) is 0 Å². The van der Waals surface area contributed by atoms with Crippen molar-refractivity contribution < 1.29 is 13.5 Å². The maximum absolute atomic E-state index is 12.3. The van der Waals surface area contributed by atoms with Crippen molar-refractivity contribution in [2.24, 2.45) is 5.92 Å². The number of hydrogen-bond acceptors (Lipinski definition) is 5. The average molecular weight is 292 g/mol. The third-order valence-electron chi connectivity index (χ3n) is 3.14. The molecule has 102 valence electrons. The number of nitrogens with one attached hydrogen (secondary N) is 1. The number of nitrogens with zero attached hydrogens (tertiary/aromatic N) is 1. The van der Waals surface area contributed by atoms with Gasteiger partial charge in [0.05, 0.1) is 0 Å². The van der Waals surface area contributed by atoms with Crippen molar-refractivity contribution in [3.63, 3.8) is 0 Å². The van der Waals surface area contributed by atoms with Crippen molar-refractivity contribution in [2.45, 2.75) is 24.0 Å². The van der Waals surface area contributed by atoms with E-state index < -0.39 is 10.0 Å². The van der Waals surface area contributed by atoms with Gasteiger partial charge in [-0.1, -0.05) is 11.3 Å². The van der Waals surface area contributed by atoms with Crippen molar-refractivity contribution in [2.75, 3.05) is 19.7 Å². The van der Waals surface area contributed by atoms with Gasteiger partial charge in [0.15, 0.2) is 4.21 Å². The first-order valence-corrected chi connectivity index (χ1v) is 8.01. The summed E-state index contributed by atoms with van der Waals surface area (Å²) >= 11 is 0.733. The quantitative estimate of drug-likeness (QED) is 0.826. The number of aliphatic hydroxyl groups is 1. The fraction of sp³-hybridized carbons (Fsp3) is 0.700. The molecule has 2 heterocycles. The molecule has 2 N–H and O–H groups in total. The van der Waals surface area contributed by atoms with Crippen LogP contribution < -0.4 is 4.87 Å². The van der Waals surface area contributed by atoms with Gasteiger partial charge in [0, 0.05) is 25.4 Å². The molecule has 1 aliphatic heterocycles. The van der Waals surface area contributed by atoms with Crippen LogP contribution in [0.4, 0.5) is 0 Å². The second-order valence-corrected chi connectivity index (χ2v) is 7.57. The Morgan fingerprint density at radius 3 is 2.83 bits per heavy atom. The second-order valence-electron chi connectivity index (χ2n) is 4.46. The van der Waals surface area contributed by atoms with Gasteiger partial charge in [-0.2, -0.15) is 4.31 Å². The van der Waals surface area contributed by atoms with Gasteiger partial charge in [-0.25, -0.2) is 8.42 Å². The molecule has 1 aromatic rings. The lowest BCUT2D eigenvalue weighted by atomic mass is 10.1. The van der Waals surface area contributed by atoms with E-state index in [0.717, 1.165) is 17.8 Å². The molecule has 0 radical (unpaired) electrons. The Bertz CT molecular complexity index is 575. The highest BCUT2D eigenvalue weighted by atomic mass is 32.2. The highest BCUT2D eigenvalue weighted by Gasteiger charge is 2.34. The van der Waals surface area contributed by atoms with Gasteiger partial charge in [0.1, 0.15) is 0 Å². The molecule has 1 atom stereocenters. The fourth-order valence-electron chi connectivity index (χ4n) is 2.19. The van der Waals surface area contributed by atoms with Gasteiger partial charge in [0.25, 0.3) is 10.0 Å². The Hall–Kier alpha value is -0.700. The van der Waals surface area contributed by atoms with E-state index in [4.69, 9.17) is 5.11 Å².